The number of hydrogen-bond donors (Lipinski definition) is 0. The first-order valence-corrected chi connectivity index (χ1v) is 14.4. The van der Waals surface area contributed by atoms with Crippen LogP contribution in [0.3, 0.4) is 0 Å². The molecule has 0 heterocycles. The van der Waals surface area contributed by atoms with Crippen molar-refractivity contribution in [3.63, 3.8) is 0 Å². The Morgan fingerprint density at radius 1 is 0.472 bits per heavy atom. The van der Waals surface area contributed by atoms with Gasteiger partial charge in [-0.2, -0.15) is 0 Å². The van der Waals surface area contributed by atoms with Crippen molar-refractivity contribution in [1.82, 2.24) is 0 Å². The van der Waals surface area contributed by atoms with Crippen molar-refractivity contribution in [3.8, 4) is 22.3 Å². The van der Waals surface area contributed by atoms with Crippen LogP contribution in [0.25, 0.3) is 22.3 Å². The van der Waals surface area contributed by atoms with Crippen molar-refractivity contribution in [2.45, 2.75) is 117 Å². The third kappa shape index (κ3) is 3.25. The zero-order valence-electron chi connectivity index (χ0n) is 24.4. The lowest BCUT2D eigenvalue weighted by Gasteiger charge is -2.30. The molecule has 0 atom stereocenters. The monoisotopic (exact) mass is 478 g/mol. The van der Waals surface area contributed by atoms with Crippen LogP contribution in [0, 0.1) is 0 Å². The summed E-state index contributed by atoms with van der Waals surface area (Å²) in [4.78, 5) is 0. The van der Waals surface area contributed by atoms with Gasteiger partial charge in [0.2, 0.25) is 0 Å². The Hall–Kier alpha value is -2.34. The van der Waals surface area contributed by atoms with E-state index >= 15 is 0 Å². The summed E-state index contributed by atoms with van der Waals surface area (Å²) in [6, 6.07) is 19.8. The van der Waals surface area contributed by atoms with Gasteiger partial charge in [0.25, 0.3) is 0 Å². The summed E-state index contributed by atoms with van der Waals surface area (Å²) in [5.74, 6) is 0. The van der Waals surface area contributed by atoms with Gasteiger partial charge in [-0.15, -0.1) is 0 Å². The van der Waals surface area contributed by atoms with E-state index in [4.69, 9.17) is 0 Å². The summed E-state index contributed by atoms with van der Waals surface area (Å²) in [7, 11) is 0. The maximum atomic E-state index is 2.55. The fourth-order valence-corrected chi connectivity index (χ4v) is 7.03. The van der Waals surface area contributed by atoms with E-state index in [9.17, 15) is 0 Å². The van der Waals surface area contributed by atoms with Crippen molar-refractivity contribution >= 4 is 0 Å². The van der Waals surface area contributed by atoms with Crippen LogP contribution >= 0.6 is 0 Å². The van der Waals surface area contributed by atoms with Crippen LogP contribution in [0.4, 0.5) is 0 Å². The van der Waals surface area contributed by atoms with Gasteiger partial charge in [-0.3, -0.25) is 0 Å². The second-order valence-corrected chi connectivity index (χ2v) is 13.2. The molecule has 0 unspecified atom stereocenters. The molecule has 2 aliphatic carbocycles. The topological polar surface area (TPSA) is 0 Å². The Morgan fingerprint density at radius 3 is 1.08 bits per heavy atom. The number of benzene rings is 3. The Morgan fingerprint density at radius 2 is 0.778 bits per heavy atom. The molecule has 0 N–H and O–H groups in total. The minimum Gasteiger partial charge on any atom is -0.0645 e. The standard InChI is InChI=1S/C36H46/c1-11-35(9,12-2)23-15-17-25-27-21-32-28(22-31(27)33(5,6)29(25)19-23)26-18-16-24(36(10,13-3)14-4)20-30(26)34(32,7)8/h15-22H,11-14H2,1-10H3. The van der Waals surface area contributed by atoms with Gasteiger partial charge in [-0.1, -0.05) is 106 Å². The SMILES string of the molecule is CCC(C)(CC)c1ccc2c(c1)C(C)(C)c1cc3c(cc1-2)C(C)(C)c1cc(C(C)(CC)CC)ccc1-3. The van der Waals surface area contributed by atoms with Crippen molar-refractivity contribution in [2.75, 3.05) is 0 Å². The van der Waals surface area contributed by atoms with Gasteiger partial charge in [0.1, 0.15) is 0 Å². The Bertz CT molecular complexity index is 1230. The molecule has 0 amide bonds. The molecule has 2 aliphatic rings. The molecule has 5 rings (SSSR count). The van der Waals surface area contributed by atoms with Gasteiger partial charge in [0, 0.05) is 10.8 Å². The van der Waals surface area contributed by atoms with Crippen LogP contribution in [0.1, 0.15) is 128 Å². The van der Waals surface area contributed by atoms with E-state index in [0.717, 1.165) is 0 Å². The highest BCUT2D eigenvalue weighted by molar-refractivity contribution is 5.89. The molecule has 36 heavy (non-hydrogen) atoms. The lowest BCUT2D eigenvalue weighted by atomic mass is 9.74. The van der Waals surface area contributed by atoms with Gasteiger partial charge in [0.15, 0.2) is 0 Å². The molecule has 0 fully saturated rings. The predicted octanol–water partition coefficient (Wildman–Crippen LogP) is 10.5. The Labute approximate surface area is 220 Å². The molecule has 0 heteroatoms. The maximum absolute atomic E-state index is 2.55. The van der Waals surface area contributed by atoms with Crippen LogP contribution in [0.15, 0.2) is 48.5 Å². The summed E-state index contributed by atoms with van der Waals surface area (Å²) >= 11 is 0. The van der Waals surface area contributed by atoms with Crippen molar-refractivity contribution in [3.05, 3.63) is 81.9 Å². The first-order valence-electron chi connectivity index (χ1n) is 14.4. The van der Waals surface area contributed by atoms with E-state index in [1.807, 2.05) is 0 Å². The second kappa shape index (κ2) is 8.08. The first-order chi connectivity index (χ1) is 16.9. The van der Waals surface area contributed by atoms with E-state index in [1.165, 1.54) is 81.3 Å². The molecule has 0 spiro atoms. The van der Waals surface area contributed by atoms with Gasteiger partial charge < -0.3 is 0 Å². The molecule has 0 nitrogen and oxygen atoms in total. The van der Waals surface area contributed by atoms with Crippen LogP contribution in [-0.4, -0.2) is 0 Å². The first kappa shape index (κ1) is 25.3. The van der Waals surface area contributed by atoms with Crippen LogP contribution < -0.4 is 0 Å². The van der Waals surface area contributed by atoms with E-state index < -0.39 is 0 Å². The van der Waals surface area contributed by atoms with Gasteiger partial charge in [-0.05, 0) is 104 Å². The molecule has 3 aromatic rings. The molecule has 190 valence electrons. The summed E-state index contributed by atoms with van der Waals surface area (Å²) < 4.78 is 0. The van der Waals surface area contributed by atoms with Crippen LogP contribution in [0.2, 0.25) is 0 Å². The molecular formula is C36H46. The summed E-state index contributed by atoms with van der Waals surface area (Å²) in [6.07, 6.45) is 4.69. The van der Waals surface area contributed by atoms with Crippen LogP contribution in [-0.2, 0) is 21.7 Å². The van der Waals surface area contributed by atoms with E-state index in [-0.39, 0.29) is 21.7 Å². The second-order valence-electron chi connectivity index (χ2n) is 13.2. The number of fused-ring (bicyclic) bond motifs is 6. The molecular weight excluding hydrogens is 432 g/mol. The molecule has 3 aromatic carbocycles. The van der Waals surface area contributed by atoms with Crippen molar-refractivity contribution in [1.29, 1.82) is 0 Å². The van der Waals surface area contributed by atoms with Gasteiger partial charge in [-0.25, -0.2) is 0 Å². The van der Waals surface area contributed by atoms with Gasteiger partial charge in [0.05, 0.1) is 0 Å². The summed E-state index contributed by atoms with van der Waals surface area (Å²) in [5, 5.41) is 0. The highest BCUT2D eigenvalue weighted by atomic mass is 14.5. The summed E-state index contributed by atoms with van der Waals surface area (Å²) in [6.45, 7) is 23.9. The smallest absolute Gasteiger partial charge is 0.0159 e. The van der Waals surface area contributed by atoms with Gasteiger partial charge >= 0.3 is 0 Å². The lowest BCUT2D eigenvalue weighted by Crippen LogP contribution is -2.21. The predicted molar refractivity (Wildman–Crippen MR) is 157 cm³/mol. The number of rotatable bonds is 6. The zero-order chi connectivity index (χ0) is 26.3. The number of hydrogen-bond acceptors (Lipinski definition) is 0. The quantitative estimate of drug-likeness (QED) is 0.330. The maximum Gasteiger partial charge on any atom is 0.0159 e. The minimum atomic E-state index is 0.00787. The molecule has 0 saturated carbocycles. The van der Waals surface area contributed by atoms with Crippen LogP contribution in [0.5, 0.6) is 0 Å². The fraction of sp³-hybridized carbons (Fsp3) is 0.500. The molecule has 0 bridgehead atoms. The van der Waals surface area contributed by atoms with Crippen molar-refractivity contribution < 1.29 is 0 Å². The normalized spacial score (nSPS) is 16.9. The Kier molecular flexibility index (Phi) is 5.68. The van der Waals surface area contributed by atoms with E-state index in [0.29, 0.717) is 0 Å². The third-order valence-corrected chi connectivity index (χ3v) is 11.0. The summed E-state index contributed by atoms with van der Waals surface area (Å²) in [5.41, 5.74) is 15.2. The molecule has 0 saturated heterocycles. The fourth-order valence-electron chi connectivity index (χ4n) is 7.03. The molecule has 0 aliphatic heterocycles. The third-order valence-electron chi connectivity index (χ3n) is 11.0. The lowest BCUT2D eigenvalue weighted by molar-refractivity contribution is 0.438. The zero-order valence-corrected chi connectivity index (χ0v) is 24.4. The molecule has 0 radical (unpaired) electrons. The van der Waals surface area contributed by atoms with Crippen molar-refractivity contribution in [2.24, 2.45) is 0 Å². The Balaban J connectivity index is 1.68. The average molecular weight is 479 g/mol. The van der Waals surface area contributed by atoms with E-state index in [1.54, 1.807) is 0 Å². The highest BCUT2D eigenvalue weighted by Gasteiger charge is 2.42. The average Bonchev–Trinajstić information content (AvgIpc) is 3.25. The minimum absolute atomic E-state index is 0.00787. The largest absolute Gasteiger partial charge is 0.0645 e. The molecule has 0 aromatic heterocycles. The van der Waals surface area contributed by atoms with E-state index in [2.05, 4.69) is 118 Å². The highest BCUT2D eigenvalue weighted by Crippen LogP contribution is 2.57.